The summed E-state index contributed by atoms with van der Waals surface area (Å²) in [6.45, 7) is 3.81. The number of anilines is 1. The van der Waals surface area contributed by atoms with Crippen LogP contribution < -0.4 is 5.32 Å². The van der Waals surface area contributed by atoms with Gasteiger partial charge in [-0.25, -0.2) is 14.6 Å². The summed E-state index contributed by atoms with van der Waals surface area (Å²) in [4.78, 5) is 21.9. The van der Waals surface area contributed by atoms with E-state index in [0.29, 0.717) is 22.8 Å². The summed E-state index contributed by atoms with van der Waals surface area (Å²) in [5, 5.41) is 10.9. The van der Waals surface area contributed by atoms with Crippen molar-refractivity contribution < 1.29 is 9.32 Å². The summed E-state index contributed by atoms with van der Waals surface area (Å²) in [7, 11) is 0. The van der Waals surface area contributed by atoms with E-state index in [9.17, 15) is 4.79 Å². The fourth-order valence-corrected chi connectivity index (χ4v) is 3.96. The lowest BCUT2D eigenvalue weighted by Crippen LogP contribution is -2.13. The molecule has 9 heteroatoms. The predicted molar refractivity (Wildman–Crippen MR) is 109 cm³/mol. The molecule has 1 aromatic carbocycles. The van der Waals surface area contributed by atoms with Crippen molar-refractivity contribution >= 4 is 23.4 Å². The normalized spacial score (nSPS) is 10.8. The lowest BCUT2D eigenvalue weighted by atomic mass is 10.2. The van der Waals surface area contributed by atoms with Gasteiger partial charge in [0, 0.05) is 16.2 Å². The highest BCUT2D eigenvalue weighted by atomic mass is 32.2. The summed E-state index contributed by atoms with van der Waals surface area (Å²) in [5.74, 6) is 1.91. The summed E-state index contributed by atoms with van der Waals surface area (Å²) < 4.78 is 6.77. The van der Waals surface area contributed by atoms with Gasteiger partial charge in [-0.3, -0.25) is 4.79 Å². The topological polar surface area (TPSA) is 98.7 Å². The molecule has 29 heavy (non-hydrogen) atoms. The monoisotopic (exact) mass is 406 g/mol. The van der Waals surface area contributed by atoms with E-state index in [0.717, 1.165) is 21.9 Å². The number of nitrogens with one attached hydrogen (secondary N) is 1. The van der Waals surface area contributed by atoms with Gasteiger partial charge in [-0.2, -0.15) is 5.10 Å². The number of benzene rings is 1. The van der Waals surface area contributed by atoms with Gasteiger partial charge < -0.3 is 9.84 Å². The van der Waals surface area contributed by atoms with Crippen LogP contribution in [0.3, 0.4) is 0 Å². The molecule has 0 aliphatic rings. The third kappa shape index (κ3) is 4.19. The lowest BCUT2D eigenvalue weighted by molar-refractivity contribution is 0.102. The van der Waals surface area contributed by atoms with Gasteiger partial charge in [0.25, 0.3) is 5.91 Å². The Labute approximate surface area is 171 Å². The molecule has 0 saturated carbocycles. The number of aromatic nitrogens is 5. The van der Waals surface area contributed by atoms with E-state index in [1.165, 1.54) is 6.33 Å². The Kier molecular flexibility index (Phi) is 5.39. The molecule has 3 heterocycles. The second-order valence-corrected chi connectivity index (χ2v) is 7.30. The van der Waals surface area contributed by atoms with Crippen LogP contribution in [0.1, 0.15) is 27.4 Å². The highest BCUT2D eigenvalue weighted by molar-refractivity contribution is 7.98. The number of rotatable bonds is 6. The second-order valence-electron chi connectivity index (χ2n) is 6.29. The zero-order valence-electron chi connectivity index (χ0n) is 15.9. The molecule has 3 aromatic heterocycles. The average molecular weight is 406 g/mol. The molecule has 0 aliphatic carbocycles. The molecule has 1 N–H and O–H groups in total. The standard InChI is InChI=1S/C20H18N6O2S/c1-13-17(14(2)28-25-13)10-29-18-6-4-3-5-16(18)20(27)24-15-7-8-19(22-9-15)26-12-21-11-23-26/h3-9,11-12H,10H2,1-2H3,(H,24,27). The minimum atomic E-state index is -0.192. The van der Waals surface area contributed by atoms with Gasteiger partial charge in [0.1, 0.15) is 18.4 Å². The Bertz CT molecular complexity index is 1100. The van der Waals surface area contributed by atoms with Crippen molar-refractivity contribution in [3.63, 3.8) is 0 Å². The molecular formula is C20H18N6O2S. The maximum Gasteiger partial charge on any atom is 0.256 e. The fraction of sp³-hybridized carbons (Fsp3) is 0.150. The van der Waals surface area contributed by atoms with Crippen molar-refractivity contribution in [3.8, 4) is 5.82 Å². The minimum Gasteiger partial charge on any atom is -0.361 e. The van der Waals surface area contributed by atoms with E-state index in [-0.39, 0.29) is 5.91 Å². The number of amides is 1. The van der Waals surface area contributed by atoms with Crippen LogP contribution in [0, 0.1) is 13.8 Å². The first-order valence-corrected chi connectivity index (χ1v) is 9.86. The molecule has 0 fully saturated rings. The first-order chi connectivity index (χ1) is 14.1. The van der Waals surface area contributed by atoms with Gasteiger partial charge >= 0.3 is 0 Å². The van der Waals surface area contributed by atoms with Gasteiger partial charge in [0.2, 0.25) is 0 Å². The summed E-state index contributed by atoms with van der Waals surface area (Å²) in [6, 6.07) is 11.1. The van der Waals surface area contributed by atoms with Crippen LogP contribution >= 0.6 is 11.8 Å². The van der Waals surface area contributed by atoms with Crippen molar-refractivity contribution in [1.82, 2.24) is 24.9 Å². The lowest BCUT2D eigenvalue weighted by Gasteiger charge is -2.10. The summed E-state index contributed by atoms with van der Waals surface area (Å²) in [5.41, 5.74) is 3.13. The molecule has 0 radical (unpaired) electrons. The zero-order valence-corrected chi connectivity index (χ0v) is 16.7. The highest BCUT2D eigenvalue weighted by Crippen LogP contribution is 2.29. The van der Waals surface area contributed by atoms with E-state index < -0.39 is 0 Å². The van der Waals surface area contributed by atoms with Crippen molar-refractivity contribution in [2.75, 3.05) is 5.32 Å². The maximum atomic E-state index is 12.8. The number of nitrogens with zero attached hydrogens (tertiary/aromatic N) is 5. The molecule has 0 spiro atoms. The van der Waals surface area contributed by atoms with Crippen LogP contribution in [0.25, 0.3) is 5.82 Å². The van der Waals surface area contributed by atoms with Crippen LogP contribution in [0.4, 0.5) is 5.69 Å². The van der Waals surface area contributed by atoms with Crippen molar-refractivity contribution in [2.45, 2.75) is 24.5 Å². The quantitative estimate of drug-likeness (QED) is 0.486. The van der Waals surface area contributed by atoms with Crippen LogP contribution in [-0.4, -0.2) is 30.8 Å². The number of carbonyl (C=O) groups excluding carboxylic acids is 1. The SMILES string of the molecule is Cc1noc(C)c1CSc1ccccc1C(=O)Nc1ccc(-n2cncn2)nc1. The largest absolute Gasteiger partial charge is 0.361 e. The van der Waals surface area contributed by atoms with Gasteiger partial charge in [0.15, 0.2) is 5.82 Å². The molecular weight excluding hydrogens is 388 g/mol. The molecule has 4 rings (SSSR count). The Balaban J connectivity index is 1.47. The smallest absolute Gasteiger partial charge is 0.256 e. The van der Waals surface area contributed by atoms with Crippen molar-refractivity contribution in [3.05, 3.63) is 77.8 Å². The number of pyridine rings is 1. The van der Waals surface area contributed by atoms with E-state index in [1.807, 2.05) is 38.1 Å². The summed E-state index contributed by atoms with van der Waals surface area (Å²) >= 11 is 1.58. The number of carbonyl (C=O) groups is 1. The van der Waals surface area contributed by atoms with E-state index in [4.69, 9.17) is 4.52 Å². The van der Waals surface area contributed by atoms with Gasteiger partial charge in [-0.1, -0.05) is 17.3 Å². The Hall–Kier alpha value is -3.46. The van der Waals surface area contributed by atoms with Gasteiger partial charge in [-0.15, -0.1) is 11.8 Å². The van der Waals surface area contributed by atoms with E-state index in [1.54, 1.807) is 41.1 Å². The first kappa shape index (κ1) is 18.9. The molecule has 8 nitrogen and oxygen atoms in total. The van der Waals surface area contributed by atoms with Crippen molar-refractivity contribution in [1.29, 1.82) is 0 Å². The van der Waals surface area contributed by atoms with Crippen molar-refractivity contribution in [2.24, 2.45) is 0 Å². The number of hydrogen-bond donors (Lipinski definition) is 1. The molecule has 4 aromatic rings. The third-order valence-corrected chi connectivity index (χ3v) is 5.44. The Morgan fingerprint density at radius 1 is 1.21 bits per heavy atom. The van der Waals surface area contributed by atoms with Crippen LogP contribution in [0.5, 0.6) is 0 Å². The molecule has 0 atom stereocenters. The van der Waals surface area contributed by atoms with Crippen LogP contribution in [0.2, 0.25) is 0 Å². The average Bonchev–Trinajstić information content (AvgIpc) is 3.38. The van der Waals surface area contributed by atoms with Gasteiger partial charge in [-0.05, 0) is 38.1 Å². The molecule has 0 unspecified atom stereocenters. The molecule has 0 aliphatic heterocycles. The Morgan fingerprint density at radius 2 is 2.07 bits per heavy atom. The molecule has 1 amide bonds. The second kappa shape index (κ2) is 8.27. The molecule has 0 saturated heterocycles. The number of aryl methyl sites for hydroxylation is 2. The predicted octanol–water partition coefficient (Wildman–Crippen LogP) is 3.81. The molecule has 0 bridgehead atoms. The molecule has 146 valence electrons. The van der Waals surface area contributed by atoms with E-state index >= 15 is 0 Å². The highest BCUT2D eigenvalue weighted by Gasteiger charge is 2.15. The number of hydrogen-bond acceptors (Lipinski definition) is 7. The third-order valence-electron chi connectivity index (χ3n) is 4.34. The van der Waals surface area contributed by atoms with Crippen LogP contribution in [0.15, 0.2) is 64.7 Å². The Morgan fingerprint density at radius 3 is 2.76 bits per heavy atom. The van der Waals surface area contributed by atoms with Gasteiger partial charge in [0.05, 0.1) is 23.1 Å². The summed E-state index contributed by atoms with van der Waals surface area (Å²) in [6.07, 6.45) is 4.59. The van der Waals surface area contributed by atoms with Crippen LogP contribution in [-0.2, 0) is 5.75 Å². The number of thioether (sulfide) groups is 1. The fourth-order valence-electron chi connectivity index (χ4n) is 2.76. The van der Waals surface area contributed by atoms with E-state index in [2.05, 4.69) is 25.5 Å². The first-order valence-electron chi connectivity index (χ1n) is 8.88. The minimum absolute atomic E-state index is 0.192. The zero-order chi connectivity index (χ0) is 20.2. The maximum absolute atomic E-state index is 12.8.